The number of nitrogens with zero attached hydrogens (tertiary/aromatic N) is 1. The molecule has 0 aromatic carbocycles. The van der Waals surface area contributed by atoms with Crippen molar-refractivity contribution in [1.82, 2.24) is 10.2 Å². The fourth-order valence-electron chi connectivity index (χ4n) is 1.43. The zero-order valence-electron chi connectivity index (χ0n) is 8.49. The molecule has 0 aliphatic carbocycles. The van der Waals surface area contributed by atoms with Gasteiger partial charge in [-0.05, 0) is 6.92 Å². The average Bonchev–Trinajstić information content (AvgIpc) is 2.28. The molecule has 5 heteroatoms. The molecule has 1 rings (SSSR count). The number of aliphatic hydroxyl groups excluding tert-OH is 2. The fraction of sp³-hybridized carbons (Fsp3) is 0.889. The second kappa shape index (κ2) is 4.72. The van der Waals surface area contributed by atoms with Gasteiger partial charge in [0.05, 0.1) is 18.6 Å². The van der Waals surface area contributed by atoms with Gasteiger partial charge in [-0.15, -0.1) is 0 Å². The molecule has 0 atom stereocenters. The van der Waals surface area contributed by atoms with Gasteiger partial charge in [-0.1, -0.05) is 0 Å². The maximum Gasteiger partial charge on any atom is 0.233 e. The molecule has 3 N–H and O–H groups in total. The molecular formula is C9H18N2O3. The van der Waals surface area contributed by atoms with Crippen LogP contribution >= 0.6 is 0 Å². The van der Waals surface area contributed by atoms with Gasteiger partial charge in [-0.25, -0.2) is 0 Å². The van der Waals surface area contributed by atoms with E-state index in [9.17, 15) is 4.79 Å². The largest absolute Gasteiger partial charge is 0.395 e. The number of hydrogen-bond donors (Lipinski definition) is 3. The lowest BCUT2D eigenvalue weighted by Crippen LogP contribution is -2.53. The number of rotatable bonds is 3. The van der Waals surface area contributed by atoms with Gasteiger partial charge < -0.3 is 20.4 Å². The second-order valence-corrected chi connectivity index (χ2v) is 3.92. The molecule has 1 aliphatic rings. The first-order valence-corrected chi connectivity index (χ1v) is 4.86. The van der Waals surface area contributed by atoms with Crippen molar-refractivity contribution in [2.45, 2.75) is 6.92 Å². The first-order chi connectivity index (χ1) is 6.64. The predicted octanol–water partition coefficient (Wildman–Crippen LogP) is -1.59. The molecule has 0 unspecified atom stereocenters. The molecule has 0 bridgehead atoms. The van der Waals surface area contributed by atoms with E-state index in [0.29, 0.717) is 13.1 Å². The summed E-state index contributed by atoms with van der Waals surface area (Å²) < 4.78 is 0. The van der Waals surface area contributed by atoms with E-state index in [1.807, 2.05) is 0 Å². The lowest BCUT2D eigenvalue weighted by Gasteiger charge is -2.34. The summed E-state index contributed by atoms with van der Waals surface area (Å²) in [6.45, 7) is 3.80. The maximum absolute atomic E-state index is 11.9. The summed E-state index contributed by atoms with van der Waals surface area (Å²) in [4.78, 5) is 13.5. The van der Waals surface area contributed by atoms with Crippen molar-refractivity contribution in [2.75, 3.05) is 39.4 Å². The number of hydrogen-bond acceptors (Lipinski definition) is 4. The third kappa shape index (κ3) is 2.23. The number of carbonyl (C=O) groups excluding carboxylic acids is 1. The van der Waals surface area contributed by atoms with Crippen LogP contribution in [0.3, 0.4) is 0 Å². The van der Waals surface area contributed by atoms with Crippen LogP contribution in [0.5, 0.6) is 0 Å². The van der Waals surface area contributed by atoms with Crippen molar-refractivity contribution in [3.63, 3.8) is 0 Å². The Morgan fingerprint density at radius 2 is 1.86 bits per heavy atom. The van der Waals surface area contributed by atoms with Crippen LogP contribution < -0.4 is 5.32 Å². The van der Waals surface area contributed by atoms with Crippen LogP contribution in [0.1, 0.15) is 6.92 Å². The fourth-order valence-corrected chi connectivity index (χ4v) is 1.43. The van der Waals surface area contributed by atoms with Crippen LogP contribution in [-0.4, -0.2) is 60.4 Å². The van der Waals surface area contributed by atoms with Crippen LogP contribution in [0.4, 0.5) is 0 Å². The normalized spacial score (nSPS) is 18.4. The Morgan fingerprint density at radius 1 is 1.36 bits per heavy atom. The molecule has 0 aromatic heterocycles. The van der Waals surface area contributed by atoms with Crippen molar-refractivity contribution in [3.05, 3.63) is 0 Å². The number of amides is 1. The van der Waals surface area contributed by atoms with Crippen molar-refractivity contribution < 1.29 is 15.0 Å². The summed E-state index contributed by atoms with van der Waals surface area (Å²) in [5.74, 6) is -0.163. The third-order valence-electron chi connectivity index (χ3n) is 2.62. The van der Waals surface area contributed by atoms with Gasteiger partial charge in [0.25, 0.3) is 0 Å². The third-order valence-corrected chi connectivity index (χ3v) is 2.62. The van der Waals surface area contributed by atoms with Gasteiger partial charge in [0.2, 0.25) is 5.91 Å². The van der Waals surface area contributed by atoms with Crippen molar-refractivity contribution in [2.24, 2.45) is 5.41 Å². The van der Waals surface area contributed by atoms with E-state index in [4.69, 9.17) is 10.2 Å². The van der Waals surface area contributed by atoms with E-state index in [-0.39, 0.29) is 19.1 Å². The molecule has 1 aliphatic heterocycles. The Morgan fingerprint density at radius 3 is 2.29 bits per heavy atom. The number of aliphatic hydroxyl groups is 2. The highest BCUT2D eigenvalue weighted by molar-refractivity contribution is 5.82. The summed E-state index contributed by atoms with van der Waals surface area (Å²) in [6, 6.07) is 0. The molecule has 0 radical (unpaired) electrons. The number of piperazine rings is 1. The van der Waals surface area contributed by atoms with Gasteiger partial charge >= 0.3 is 0 Å². The minimum atomic E-state index is -1.03. The van der Waals surface area contributed by atoms with Crippen LogP contribution in [-0.2, 0) is 4.79 Å². The van der Waals surface area contributed by atoms with Crippen LogP contribution in [0.2, 0.25) is 0 Å². The monoisotopic (exact) mass is 202 g/mol. The molecule has 5 nitrogen and oxygen atoms in total. The summed E-state index contributed by atoms with van der Waals surface area (Å²) >= 11 is 0. The first kappa shape index (κ1) is 11.4. The van der Waals surface area contributed by atoms with Gasteiger partial charge in [0.15, 0.2) is 0 Å². The molecule has 1 fully saturated rings. The molecular weight excluding hydrogens is 184 g/mol. The second-order valence-electron chi connectivity index (χ2n) is 3.92. The molecule has 1 heterocycles. The Bertz CT molecular complexity index is 198. The molecule has 0 spiro atoms. The van der Waals surface area contributed by atoms with Gasteiger partial charge in [0.1, 0.15) is 0 Å². The van der Waals surface area contributed by atoms with E-state index in [2.05, 4.69) is 5.32 Å². The Kier molecular flexibility index (Phi) is 3.86. The van der Waals surface area contributed by atoms with E-state index in [1.165, 1.54) is 0 Å². The van der Waals surface area contributed by atoms with Crippen molar-refractivity contribution in [3.8, 4) is 0 Å². The van der Waals surface area contributed by atoms with E-state index in [1.54, 1.807) is 11.8 Å². The number of nitrogens with one attached hydrogen (secondary N) is 1. The van der Waals surface area contributed by atoms with Crippen LogP contribution in [0.25, 0.3) is 0 Å². The number of carbonyl (C=O) groups is 1. The highest BCUT2D eigenvalue weighted by Gasteiger charge is 2.35. The SMILES string of the molecule is CC(CO)(CO)C(=O)N1CCNCC1. The topological polar surface area (TPSA) is 72.8 Å². The summed E-state index contributed by atoms with van der Waals surface area (Å²) in [6.07, 6.45) is 0. The highest BCUT2D eigenvalue weighted by Crippen LogP contribution is 2.18. The highest BCUT2D eigenvalue weighted by atomic mass is 16.3. The molecule has 0 saturated carbocycles. The van der Waals surface area contributed by atoms with Crippen molar-refractivity contribution in [1.29, 1.82) is 0 Å². The molecule has 1 saturated heterocycles. The maximum atomic E-state index is 11.9. The quantitative estimate of drug-likeness (QED) is 0.516. The molecule has 0 aromatic rings. The summed E-state index contributed by atoms with van der Waals surface area (Å²) in [5.41, 5.74) is -1.03. The summed E-state index contributed by atoms with van der Waals surface area (Å²) in [7, 11) is 0. The lowest BCUT2D eigenvalue weighted by atomic mass is 9.91. The van der Waals surface area contributed by atoms with Crippen LogP contribution in [0.15, 0.2) is 0 Å². The van der Waals surface area contributed by atoms with Gasteiger partial charge in [-0.2, -0.15) is 0 Å². The predicted molar refractivity (Wildman–Crippen MR) is 51.7 cm³/mol. The minimum absolute atomic E-state index is 0.163. The standard InChI is InChI=1S/C9H18N2O3/c1-9(6-12,7-13)8(14)11-4-2-10-3-5-11/h10,12-13H,2-7H2,1H3. The first-order valence-electron chi connectivity index (χ1n) is 4.86. The Balaban J connectivity index is 2.61. The van der Waals surface area contributed by atoms with Gasteiger partial charge in [0, 0.05) is 26.2 Å². The minimum Gasteiger partial charge on any atom is -0.395 e. The zero-order chi connectivity index (χ0) is 10.6. The average molecular weight is 202 g/mol. The zero-order valence-corrected chi connectivity index (χ0v) is 8.49. The van der Waals surface area contributed by atoms with E-state index < -0.39 is 5.41 Å². The summed E-state index contributed by atoms with van der Waals surface area (Å²) in [5, 5.41) is 21.3. The van der Waals surface area contributed by atoms with Crippen molar-refractivity contribution >= 4 is 5.91 Å². The lowest BCUT2D eigenvalue weighted by molar-refractivity contribution is -0.146. The van der Waals surface area contributed by atoms with Gasteiger partial charge in [-0.3, -0.25) is 4.79 Å². The van der Waals surface area contributed by atoms with E-state index in [0.717, 1.165) is 13.1 Å². The smallest absolute Gasteiger partial charge is 0.233 e. The molecule has 82 valence electrons. The Labute approximate surface area is 83.7 Å². The Hall–Kier alpha value is -0.650. The van der Waals surface area contributed by atoms with Crippen LogP contribution in [0, 0.1) is 5.41 Å². The van der Waals surface area contributed by atoms with E-state index >= 15 is 0 Å². The molecule has 1 amide bonds. The molecule has 14 heavy (non-hydrogen) atoms.